The summed E-state index contributed by atoms with van der Waals surface area (Å²) in [6.45, 7) is 2.53. The summed E-state index contributed by atoms with van der Waals surface area (Å²) >= 11 is 5.07. The van der Waals surface area contributed by atoms with Crippen LogP contribution in [0.3, 0.4) is 0 Å². The predicted molar refractivity (Wildman–Crippen MR) is 110 cm³/mol. The van der Waals surface area contributed by atoms with Crippen molar-refractivity contribution in [3.8, 4) is 11.3 Å². The molecule has 0 aromatic carbocycles. The van der Waals surface area contributed by atoms with Crippen molar-refractivity contribution in [1.29, 1.82) is 0 Å². The van der Waals surface area contributed by atoms with Crippen molar-refractivity contribution >= 4 is 33.2 Å². The van der Waals surface area contributed by atoms with Crippen LogP contribution in [0.15, 0.2) is 16.7 Å². The van der Waals surface area contributed by atoms with Gasteiger partial charge in [-0.15, -0.1) is 11.3 Å². The molecule has 1 atom stereocenters. The molecule has 5 nitrogen and oxygen atoms in total. The highest BCUT2D eigenvalue weighted by Gasteiger charge is 2.22. The minimum atomic E-state index is -0.0195. The Morgan fingerprint density at radius 3 is 2.81 bits per heavy atom. The SMILES string of the molecule is Cc1sc(C(=O)N[C@H](CN)CC2CCCCC2)cc1-c1c(Br)cnn1C. The number of halogens is 1. The third kappa shape index (κ3) is 4.38. The topological polar surface area (TPSA) is 72.9 Å². The molecule has 0 spiro atoms. The summed E-state index contributed by atoms with van der Waals surface area (Å²) in [6, 6.07) is 2.02. The first-order valence-electron chi connectivity index (χ1n) is 9.28. The first-order valence-corrected chi connectivity index (χ1v) is 10.9. The summed E-state index contributed by atoms with van der Waals surface area (Å²) in [7, 11) is 1.91. The number of amides is 1. The van der Waals surface area contributed by atoms with Gasteiger partial charge >= 0.3 is 0 Å². The second kappa shape index (κ2) is 8.67. The van der Waals surface area contributed by atoms with E-state index in [1.54, 1.807) is 6.20 Å². The predicted octanol–water partition coefficient (Wildman–Crippen LogP) is 4.25. The Labute approximate surface area is 167 Å². The van der Waals surface area contributed by atoms with Crippen LogP contribution in [0.25, 0.3) is 11.3 Å². The molecule has 0 unspecified atom stereocenters. The minimum Gasteiger partial charge on any atom is -0.347 e. The van der Waals surface area contributed by atoms with Crippen LogP contribution in [0.4, 0.5) is 0 Å². The second-order valence-electron chi connectivity index (χ2n) is 7.19. The Bertz CT molecular complexity index is 744. The van der Waals surface area contributed by atoms with Crippen LogP contribution in [-0.2, 0) is 7.05 Å². The highest BCUT2D eigenvalue weighted by molar-refractivity contribution is 9.10. The third-order valence-electron chi connectivity index (χ3n) is 5.25. The molecule has 1 saturated carbocycles. The molecule has 1 aliphatic rings. The molecule has 142 valence electrons. The Kier molecular flexibility index (Phi) is 6.53. The monoisotopic (exact) mass is 438 g/mol. The highest BCUT2D eigenvalue weighted by Crippen LogP contribution is 2.35. The fraction of sp³-hybridized carbons (Fsp3) is 0.579. The fourth-order valence-electron chi connectivity index (χ4n) is 3.84. The molecule has 0 aliphatic heterocycles. The molecular formula is C19H27BrN4OS. The standard InChI is InChI=1S/C19H27BrN4OS/c1-12-15(18-16(20)11-22-24(18)2)9-17(26-12)19(25)23-14(10-21)8-13-6-4-3-5-7-13/h9,11,13-14H,3-8,10,21H2,1-2H3,(H,23,25)/t14-/m0/s1. The second-order valence-corrected chi connectivity index (χ2v) is 9.30. The number of carbonyl (C=O) groups excluding carboxylic acids is 1. The number of hydrogen-bond donors (Lipinski definition) is 2. The number of aryl methyl sites for hydroxylation is 2. The number of thiophene rings is 1. The molecule has 26 heavy (non-hydrogen) atoms. The van der Waals surface area contributed by atoms with E-state index in [1.165, 1.54) is 43.4 Å². The van der Waals surface area contributed by atoms with Gasteiger partial charge in [-0.05, 0) is 41.3 Å². The first-order chi connectivity index (χ1) is 12.5. The maximum Gasteiger partial charge on any atom is 0.261 e. The zero-order valence-corrected chi connectivity index (χ0v) is 17.8. The lowest BCUT2D eigenvalue weighted by molar-refractivity contribution is 0.0934. The normalized spacial score (nSPS) is 16.6. The number of rotatable bonds is 6. The largest absolute Gasteiger partial charge is 0.347 e. The summed E-state index contributed by atoms with van der Waals surface area (Å²) in [5.74, 6) is 0.678. The summed E-state index contributed by atoms with van der Waals surface area (Å²) < 4.78 is 2.76. The van der Waals surface area contributed by atoms with Crippen molar-refractivity contribution in [3.63, 3.8) is 0 Å². The Hall–Kier alpha value is -1.18. The lowest BCUT2D eigenvalue weighted by atomic mass is 9.85. The van der Waals surface area contributed by atoms with Gasteiger partial charge in [0.25, 0.3) is 5.91 Å². The molecule has 0 bridgehead atoms. The molecule has 2 aromatic heterocycles. The van der Waals surface area contributed by atoms with Crippen LogP contribution in [0, 0.1) is 12.8 Å². The van der Waals surface area contributed by atoms with E-state index in [9.17, 15) is 4.79 Å². The van der Waals surface area contributed by atoms with Crippen LogP contribution in [-0.4, -0.2) is 28.3 Å². The Morgan fingerprint density at radius 1 is 1.46 bits per heavy atom. The summed E-state index contributed by atoms with van der Waals surface area (Å²) in [5, 5.41) is 7.43. The lowest BCUT2D eigenvalue weighted by Gasteiger charge is -2.26. The van der Waals surface area contributed by atoms with E-state index in [1.807, 2.05) is 24.7 Å². The molecule has 2 heterocycles. The molecule has 3 N–H and O–H groups in total. The smallest absolute Gasteiger partial charge is 0.261 e. The number of nitrogens with zero attached hydrogens (tertiary/aromatic N) is 2. The zero-order chi connectivity index (χ0) is 18.7. The van der Waals surface area contributed by atoms with Crippen molar-refractivity contribution in [1.82, 2.24) is 15.1 Å². The van der Waals surface area contributed by atoms with Gasteiger partial charge in [0.15, 0.2) is 0 Å². The molecular weight excluding hydrogens is 412 g/mol. The van der Waals surface area contributed by atoms with Crippen LogP contribution in [0.5, 0.6) is 0 Å². The van der Waals surface area contributed by atoms with Crippen molar-refractivity contribution in [2.75, 3.05) is 6.54 Å². The minimum absolute atomic E-state index is 0.0195. The van der Waals surface area contributed by atoms with Gasteiger partial charge in [0.1, 0.15) is 0 Å². The molecule has 1 amide bonds. The molecule has 0 radical (unpaired) electrons. The number of hydrogen-bond acceptors (Lipinski definition) is 4. The van der Waals surface area contributed by atoms with E-state index in [2.05, 4.69) is 26.3 Å². The number of nitrogens with two attached hydrogens (primary N) is 1. The Morgan fingerprint density at radius 2 is 2.19 bits per heavy atom. The van der Waals surface area contributed by atoms with Crippen molar-refractivity contribution < 1.29 is 4.79 Å². The number of nitrogens with one attached hydrogen (secondary N) is 1. The van der Waals surface area contributed by atoms with E-state index in [4.69, 9.17) is 5.73 Å². The van der Waals surface area contributed by atoms with Crippen LogP contribution in [0.1, 0.15) is 53.1 Å². The van der Waals surface area contributed by atoms with Crippen molar-refractivity contribution in [3.05, 3.63) is 26.5 Å². The van der Waals surface area contributed by atoms with Gasteiger partial charge in [0.05, 0.1) is 21.2 Å². The van der Waals surface area contributed by atoms with Crippen LogP contribution < -0.4 is 11.1 Å². The van der Waals surface area contributed by atoms with Gasteiger partial charge in [-0.1, -0.05) is 32.1 Å². The summed E-state index contributed by atoms with van der Waals surface area (Å²) in [6.07, 6.45) is 9.27. The number of carbonyl (C=O) groups is 1. The summed E-state index contributed by atoms with van der Waals surface area (Å²) in [4.78, 5) is 14.6. The summed E-state index contributed by atoms with van der Waals surface area (Å²) in [5.41, 5.74) is 7.98. The molecule has 7 heteroatoms. The third-order valence-corrected chi connectivity index (χ3v) is 6.88. The van der Waals surface area contributed by atoms with Gasteiger partial charge in [-0.25, -0.2) is 0 Å². The van der Waals surface area contributed by atoms with E-state index < -0.39 is 0 Å². The fourth-order valence-corrected chi connectivity index (χ4v) is 5.32. The van der Waals surface area contributed by atoms with Gasteiger partial charge < -0.3 is 11.1 Å². The lowest BCUT2D eigenvalue weighted by Crippen LogP contribution is -2.41. The quantitative estimate of drug-likeness (QED) is 0.707. The maximum absolute atomic E-state index is 12.8. The van der Waals surface area contributed by atoms with Crippen LogP contribution in [0.2, 0.25) is 0 Å². The van der Waals surface area contributed by atoms with E-state index in [0.29, 0.717) is 12.5 Å². The highest BCUT2D eigenvalue weighted by atomic mass is 79.9. The molecule has 3 rings (SSSR count). The van der Waals surface area contributed by atoms with E-state index in [0.717, 1.165) is 31.9 Å². The van der Waals surface area contributed by atoms with Gasteiger partial charge in [-0.2, -0.15) is 5.10 Å². The zero-order valence-electron chi connectivity index (χ0n) is 15.4. The van der Waals surface area contributed by atoms with Gasteiger partial charge in [-0.3, -0.25) is 9.48 Å². The van der Waals surface area contributed by atoms with E-state index >= 15 is 0 Å². The maximum atomic E-state index is 12.8. The average molecular weight is 439 g/mol. The van der Waals surface area contributed by atoms with Crippen molar-refractivity contribution in [2.24, 2.45) is 18.7 Å². The van der Waals surface area contributed by atoms with E-state index in [-0.39, 0.29) is 11.9 Å². The molecule has 1 fully saturated rings. The average Bonchev–Trinajstić information content (AvgIpc) is 3.17. The van der Waals surface area contributed by atoms with Crippen LogP contribution >= 0.6 is 27.3 Å². The molecule has 1 aliphatic carbocycles. The molecule has 2 aromatic rings. The number of aromatic nitrogens is 2. The Balaban J connectivity index is 1.70. The first kappa shape index (κ1) is 19.6. The van der Waals surface area contributed by atoms with Gasteiger partial charge in [0.2, 0.25) is 0 Å². The molecule has 0 saturated heterocycles. The van der Waals surface area contributed by atoms with Crippen molar-refractivity contribution in [2.45, 2.75) is 51.5 Å². The van der Waals surface area contributed by atoms with Gasteiger partial charge in [0, 0.05) is 30.1 Å².